The van der Waals surface area contributed by atoms with Gasteiger partial charge in [0.05, 0.1) is 0 Å². The highest BCUT2D eigenvalue weighted by molar-refractivity contribution is 5.84. The monoisotopic (exact) mass is 243 g/mol. The number of nitrogens with one attached hydrogen (secondary N) is 1. The van der Waals surface area contributed by atoms with Gasteiger partial charge in [0.1, 0.15) is 11.1 Å². The molecule has 5 heteroatoms. The fourth-order valence-corrected chi connectivity index (χ4v) is 1.95. The van der Waals surface area contributed by atoms with Gasteiger partial charge in [-0.3, -0.25) is 0 Å². The lowest BCUT2D eigenvalue weighted by Gasteiger charge is -2.28. The highest BCUT2D eigenvalue weighted by Gasteiger charge is 2.53. The summed E-state index contributed by atoms with van der Waals surface area (Å²) in [5, 5.41) is 11.7. The average Bonchev–Trinajstić information content (AvgIpc) is 2.78. The lowest BCUT2D eigenvalue weighted by Crippen LogP contribution is -2.55. The van der Waals surface area contributed by atoms with Gasteiger partial charge in [-0.15, -0.1) is 0 Å². The van der Waals surface area contributed by atoms with Crippen LogP contribution in [-0.4, -0.2) is 28.3 Å². The summed E-state index contributed by atoms with van der Waals surface area (Å²) in [6, 6.07) is 0. The Morgan fingerprint density at radius 2 is 1.76 bits per heavy atom. The minimum absolute atomic E-state index is 0.0208. The number of hydrogen-bond acceptors (Lipinski definition) is 3. The van der Waals surface area contributed by atoms with Crippen LogP contribution in [0.3, 0.4) is 0 Å². The van der Waals surface area contributed by atoms with E-state index in [0.717, 1.165) is 6.42 Å². The molecule has 1 rings (SSSR count). The molecule has 5 nitrogen and oxygen atoms in total. The van der Waals surface area contributed by atoms with E-state index in [2.05, 4.69) is 5.32 Å². The third-order valence-electron chi connectivity index (χ3n) is 3.06. The molecule has 1 fully saturated rings. The van der Waals surface area contributed by atoms with E-state index in [1.54, 1.807) is 20.8 Å². The number of carboxylic acid groups (broad SMARTS) is 1. The van der Waals surface area contributed by atoms with Crippen LogP contribution in [0.2, 0.25) is 0 Å². The minimum Gasteiger partial charge on any atom is -0.480 e. The molecule has 0 saturated heterocycles. The summed E-state index contributed by atoms with van der Waals surface area (Å²) >= 11 is 0. The zero-order valence-corrected chi connectivity index (χ0v) is 11.0. The SMILES string of the molecule is CC1CC1C(C)(NC(=O)OC(C)(C)C)C(=O)O. The molecule has 0 aromatic rings. The molecular weight excluding hydrogens is 222 g/mol. The maximum absolute atomic E-state index is 11.6. The van der Waals surface area contributed by atoms with E-state index in [1.807, 2.05) is 6.92 Å². The first-order valence-corrected chi connectivity index (χ1v) is 5.81. The molecule has 0 aromatic heterocycles. The van der Waals surface area contributed by atoms with Gasteiger partial charge in [-0.2, -0.15) is 0 Å². The van der Waals surface area contributed by atoms with Crippen LogP contribution in [0.15, 0.2) is 0 Å². The highest BCUT2D eigenvalue weighted by atomic mass is 16.6. The second-order valence-corrected chi connectivity index (χ2v) is 5.95. The van der Waals surface area contributed by atoms with E-state index >= 15 is 0 Å². The Bertz CT molecular complexity index is 334. The van der Waals surface area contributed by atoms with Gasteiger partial charge in [0, 0.05) is 0 Å². The van der Waals surface area contributed by atoms with E-state index in [0.29, 0.717) is 5.92 Å². The van der Waals surface area contributed by atoms with Gasteiger partial charge < -0.3 is 15.2 Å². The summed E-state index contributed by atoms with van der Waals surface area (Å²) in [6.45, 7) is 8.73. The van der Waals surface area contributed by atoms with E-state index in [4.69, 9.17) is 4.74 Å². The number of alkyl carbamates (subject to hydrolysis) is 1. The highest BCUT2D eigenvalue weighted by Crippen LogP contribution is 2.46. The van der Waals surface area contributed by atoms with Crippen molar-refractivity contribution >= 4 is 12.1 Å². The van der Waals surface area contributed by atoms with E-state index in [1.165, 1.54) is 6.92 Å². The van der Waals surface area contributed by atoms with Crippen molar-refractivity contribution < 1.29 is 19.4 Å². The fraction of sp³-hybridized carbons (Fsp3) is 0.833. The number of carbonyl (C=O) groups is 2. The fourth-order valence-electron chi connectivity index (χ4n) is 1.95. The molecule has 0 radical (unpaired) electrons. The van der Waals surface area contributed by atoms with Gasteiger partial charge in [0.25, 0.3) is 0 Å². The molecule has 0 aromatic carbocycles. The van der Waals surface area contributed by atoms with Crippen LogP contribution in [0.5, 0.6) is 0 Å². The quantitative estimate of drug-likeness (QED) is 0.795. The van der Waals surface area contributed by atoms with Crippen molar-refractivity contribution in [3.63, 3.8) is 0 Å². The zero-order valence-electron chi connectivity index (χ0n) is 11.0. The van der Waals surface area contributed by atoms with Crippen LogP contribution in [0.4, 0.5) is 4.79 Å². The van der Waals surface area contributed by atoms with Crippen molar-refractivity contribution in [2.24, 2.45) is 11.8 Å². The molecule has 3 unspecified atom stereocenters. The molecule has 2 N–H and O–H groups in total. The zero-order chi connectivity index (χ0) is 13.4. The smallest absolute Gasteiger partial charge is 0.408 e. The van der Waals surface area contributed by atoms with Gasteiger partial charge in [-0.05, 0) is 46.0 Å². The Balaban J connectivity index is 2.69. The molecule has 98 valence electrons. The van der Waals surface area contributed by atoms with E-state index in [9.17, 15) is 14.7 Å². The lowest BCUT2D eigenvalue weighted by molar-refractivity contribution is -0.145. The number of aliphatic carboxylic acids is 1. The summed E-state index contributed by atoms with van der Waals surface area (Å²) < 4.78 is 5.08. The largest absolute Gasteiger partial charge is 0.480 e. The summed E-state index contributed by atoms with van der Waals surface area (Å²) in [7, 11) is 0. The molecule has 0 aliphatic heterocycles. The second-order valence-electron chi connectivity index (χ2n) is 5.95. The summed E-state index contributed by atoms with van der Waals surface area (Å²) in [6.07, 6.45) is 0.139. The molecule has 0 bridgehead atoms. The lowest BCUT2D eigenvalue weighted by atomic mass is 9.95. The van der Waals surface area contributed by atoms with Gasteiger partial charge in [0.15, 0.2) is 0 Å². The molecule has 1 saturated carbocycles. The average molecular weight is 243 g/mol. The molecule has 1 aliphatic carbocycles. The number of carbonyl (C=O) groups excluding carboxylic acids is 1. The van der Waals surface area contributed by atoms with E-state index in [-0.39, 0.29) is 5.92 Å². The third kappa shape index (κ3) is 3.35. The predicted molar refractivity (Wildman–Crippen MR) is 62.7 cm³/mol. The van der Waals surface area contributed by atoms with Crippen molar-refractivity contribution in [2.45, 2.75) is 52.2 Å². The molecule has 1 amide bonds. The van der Waals surface area contributed by atoms with Crippen molar-refractivity contribution in [2.75, 3.05) is 0 Å². The minimum atomic E-state index is -1.23. The standard InChI is InChI=1S/C12H21NO4/c1-7-6-8(7)12(5,9(14)15)13-10(16)17-11(2,3)4/h7-8H,6H2,1-5H3,(H,13,16)(H,14,15). The van der Waals surface area contributed by atoms with Crippen molar-refractivity contribution in [1.82, 2.24) is 5.32 Å². The van der Waals surface area contributed by atoms with Crippen LogP contribution in [0.25, 0.3) is 0 Å². The summed E-state index contributed by atoms with van der Waals surface area (Å²) in [5.41, 5.74) is -1.86. The Morgan fingerprint density at radius 1 is 1.29 bits per heavy atom. The summed E-state index contributed by atoms with van der Waals surface area (Å²) in [4.78, 5) is 22.9. The number of hydrogen-bond donors (Lipinski definition) is 2. The molecule has 1 aliphatic rings. The Hall–Kier alpha value is -1.26. The maximum atomic E-state index is 11.6. The van der Waals surface area contributed by atoms with Gasteiger partial charge in [-0.1, -0.05) is 6.92 Å². The van der Waals surface area contributed by atoms with Crippen molar-refractivity contribution in [3.05, 3.63) is 0 Å². The summed E-state index contributed by atoms with van der Waals surface area (Å²) in [5.74, 6) is -0.712. The number of rotatable bonds is 3. The molecule has 17 heavy (non-hydrogen) atoms. The molecule has 3 atom stereocenters. The van der Waals surface area contributed by atoms with Crippen LogP contribution in [0.1, 0.15) is 41.0 Å². The maximum Gasteiger partial charge on any atom is 0.408 e. The third-order valence-corrected chi connectivity index (χ3v) is 3.06. The van der Waals surface area contributed by atoms with Gasteiger partial charge in [-0.25, -0.2) is 9.59 Å². The van der Waals surface area contributed by atoms with Crippen LogP contribution < -0.4 is 5.32 Å². The topological polar surface area (TPSA) is 75.6 Å². The van der Waals surface area contributed by atoms with Crippen molar-refractivity contribution in [3.8, 4) is 0 Å². The normalized spacial score (nSPS) is 26.9. The van der Waals surface area contributed by atoms with Gasteiger partial charge in [0.2, 0.25) is 0 Å². The van der Waals surface area contributed by atoms with Crippen LogP contribution in [0, 0.1) is 11.8 Å². The Kier molecular flexibility index (Phi) is 3.41. The van der Waals surface area contributed by atoms with E-state index < -0.39 is 23.2 Å². The molecule has 0 spiro atoms. The first-order valence-electron chi connectivity index (χ1n) is 5.81. The predicted octanol–water partition coefficient (Wildman–Crippen LogP) is 2.01. The van der Waals surface area contributed by atoms with Crippen LogP contribution >= 0.6 is 0 Å². The molecular formula is C12H21NO4. The van der Waals surface area contributed by atoms with Crippen LogP contribution in [-0.2, 0) is 9.53 Å². The number of amides is 1. The van der Waals surface area contributed by atoms with Crippen molar-refractivity contribution in [1.29, 1.82) is 0 Å². The number of ether oxygens (including phenoxy) is 1. The molecule has 0 heterocycles. The van der Waals surface area contributed by atoms with Gasteiger partial charge >= 0.3 is 12.1 Å². The Labute approximate surface area is 102 Å². The first-order chi connectivity index (χ1) is 7.56. The second kappa shape index (κ2) is 4.20. The number of carboxylic acids is 1. The Morgan fingerprint density at radius 3 is 2.06 bits per heavy atom. The first kappa shape index (κ1) is 13.8.